The van der Waals surface area contributed by atoms with Gasteiger partial charge in [0.1, 0.15) is 23.1 Å². The lowest BCUT2D eigenvalue weighted by Crippen LogP contribution is -2.28. The summed E-state index contributed by atoms with van der Waals surface area (Å²) in [7, 11) is 1.60. The van der Waals surface area contributed by atoms with Crippen molar-refractivity contribution in [3.05, 3.63) is 54.0 Å². The van der Waals surface area contributed by atoms with Gasteiger partial charge in [-0.25, -0.2) is 0 Å². The molecular formula is C17H17NO5. The lowest BCUT2D eigenvalue weighted by Gasteiger charge is -2.16. The molecule has 0 amide bonds. The Morgan fingerprint density at radius 2 is 2.04 bits per heavy atom. The second kappa shape index (κ2) is 6.56. The van der Waals surface area contributed by atoms with Crippen LogP contribution < -0.4 is 4.74 Å². The van der Waals surface area contributed by atoms with Crippen LogP contribution in [-0.2, 0) is 14.4 Å². The van der Waals surface area contributed by atoms with Crippen molar-refractivity contribution in [1.82, 2.24) is 0 Å². The predicted octanol–water partition coefficient (Wildman–Crippen LogP) is 2.94. The summed E-state index contributed by atoms with van der Waals surface area (Å²) in [4.78, 5) is 17.9. The molecular weight excluding hydrogens is 298 g/mol. The molecule has 1 aromatic carbocycles. The molecule has 23 heavy (non-hydrogen) atoms. The normalized spacial score (nSPS) is 19.8. The molecule has 120 valence electrons. The summed E-state index contributed by atoms with van der Waals surface area (Å²) in [6.45, 7) is 2.05. The predicted molar refractivity (Wildman–Crippen MR) is 82.2 cm³/mol. The first-order valence-corrected chi connectivity index (χ1v) is 7.32. The monoisotopic (exact) mass is 315 g/mol. The van der Waals surface area contributed by atoms with E-state index >= 15 is 0 Å². The first-order chi connectivity index (χ1) is 11.2. The molecule has 0 saturated carbocycles. The van der Waals surface area contributed by atoms with Crippen LogP contribution in [0.25, 0.3) is 0 Å². The number of furan rings is 1. The van der Waals surface area contributed by atoms with E-state index in [-0.39, 0.29) is 12.6 Å². The average molecular weight is 315 g/mol. The Kier molecular flexibility index (Phi) is 4.32. The zero-order valence-electron chi connectivity index (χ0n) is 12.9. The Balaban J connectivity index is 1.92. The van der Waals surface area contributed by atoms with E-state index in [1.807, 2.05) is 12.1 Å². The molecule has 3 rings (SSSR count). The largest absolute Gasteiger partial charge is 0.497 e. The fourth-order valence-corrected chi connectivity index (χ4v) is 2.51. The first-order valence-electron chi connectivity index (χ1n) is 7.32. The third-order valence-electron chi connectivity index (χ3n) is 3.61. The van der Waals surface area contributed by atoms with Gasteiger partial charge in [-0.3, -0.25) is 4.79 Å². The van der Waals surface area contributed by atoms with Gasteiger partial charge in [0.05, 0.1) is 20.0 Å². The maximum Gasteiger partial charge on any atom is 0.319 e. The summed E-state index contributed by atoms with van der Waals surface area (Å²) in [5, 5.41) is 4.10. The van der Waals surface area contributed by atoms with E-state index in [9.17, 15) is 4.79 Å². The number of methoxy groups -OCH3 is 1. The molecule has 0 spiro atoms. The third-order valence-corrected chi connectivity index (χ3v) is 3.61. The van der Waals surface area contributed by atoms with Crippen molar-refractivity contribution in [2.75, 3.05) is 13.7 Å². The number of ether oxygens (including phenoxy) is 2. The van der Waals surface area contributed by atoms with Gasteiger partial charge in [0, 0.05) is 5.56 Å². The van der Waals surface area contributed by atoms with Crippen LogP contribution in [0.5, 0.6) is 5.75 Å². The summed E-state index contributed by atoms with van der Waals surface area (Å²) in [6, 6.07) is 10.8. The van der Waals surface area contributed by atoms with E-state index in [1.165, 1.54) is 6.26 Å². The Hall–Kier alpha value is -2.76. The molecule has 1 aromatic heterocycles. The van der Waals surface area contributed by atoms with E-state index in [2.05, 4.69) is 5.16 Å². The van der Waals surface area contributed by atoms with Gasteiger partial charge in [-0.1, -0.05) is 5.16 Å². The molecule has 2 atom stereocenters. The van der Waals surface area contributed by atoms with E-state index in [0.717, 1.165) is 11.3 Å². The fraction of sp³-hybridized carbons (Fsp3) is 0.294. The Labute approximate surface area is 133 Å². The zero-order valence-corrected chi connectivity index (χ0v) is 12.9. The van der Waals surface area contributed by atoms with Crippen LogP contribution in [-0.4, -0.2) is 25.4 Å². The van der Waals surface area contributed by atoms with Gasteiger partial charge in [-0.05, 0) is 43.3 Å². The van der Waals surface area contributed by atoms with E-state index in [4.69, 9.17) is 18.7 Å². The third kappa shape index (κ3) is 2.92. The molecule has 1 aliphatic rings. The number of hydrogen-bond donors (Lipinski definition) is 0. The van der Waals surface area contributed by atoms with Gasteiger partial charge < -0.3 is 18.7 Å². The smallest absolute Gasteiger partial charge is 0.319 e. The second-order valence-electron chi connectivity index (χ2n) is 4.98. The summed E-state index contributed by atoms with van der Waals surface area (Å²) < 4.78 is 15.7. The van der Waals surface area contributed by atoms with Gasteiger partial charge in [0.25, 0.3) is 0 Å². The molecule has 2 aromatic rings. The number of carbonyl (C=O) groups is 1. The van der Waals surface area contributed by atoms with Gasteiger partial charge in [-0.2, -0.15) is 0 Å². The summed E-state index contributed by atoms with van der Waals surface area (Å²) >= 11 is 0. The van der Waals surface area contributed by atoms with Crippen molar-refractivity contribution in [2.24, 2.45) is 11.1 Å². The van der Waals surface area contributed by atoms with Crippen molar-refractivity contribution in [3.63, 3.8) is 0 Å². The van der Waals surface area contributed by atoms with Gasteiger partial charge in [0.2, 0.25) is 6.10 Å². The average Bonchev–Trinajstić information content (AvgIpc) is 3.24. The Morgan fingerprint density at radius 1 is 1.26 bits per heavy atom. The Morgan fingerprint density at radius 3 is 2.65 bits per heavy atom. The van der Waals surface area contributed by atoms with Crippen LogP contribution in [0.1, 0.15) is 24.4 Å². The number of nitrogens with zero attached hydrogens (tertiary/aromatic N) is 1. The minimum Gasteiger partial charge on any atom is -0.497 e. The van der Waals surface area contributed by atoms with Crippen molar-refractivity contribution in [2.45, 2.75) is 13.0 Å². The van der Waals surface area contributed by atoms with Gasteiger partial charge >= 0.3 is 5.97 Å². The summed E-state index contributed by atoms with van der Waals surface area (Å²) in [6.07, 6.45) is 0.910. The number of rotatable bonds is 5. The van der Waals surface area contributed by atoms with Crippen LogP contribution in [0, 0.1) is 5.92 Å². The van der Waals surface area contributed by atoms with Gasteiger partial charge in [0.15, 0.2) is 0 Å². The molecule has 1 aliphatic heterocycles. The molecule has 0 radical (unpaired) electrons. The standard InChI is InChI=1S/C17H17NO5/c1-3-21-17(19)14-15(11-6-8-12(20-2)9-7-11)18-23-16(14)13-5-4-10-22-13/h4-10,14,16H,3H2,1-2H3/t14-,16+/m1/s1. The van der Waals surface area contributed by atoms with Crippen LogP contribution in [0.2, 0.25) is 0 Å². The van der Waals surface area contributed by atoms with Crippen molar-refractivity contribution in [3.8, 4) is 5.75 Å². The molecule has 0 unspecified atom stereocenters. The number of esters is 1. The highest BCUT2D eigenvalue weighted by molar-refractivity contribution is 6.12. The highest BCUT2D eigenvalue weighted by atomic mass is 16.7. The highest BCUT2D eigenvalue weighted by Crippen LogP contribution is 2.36. The van der Waals surface area contributed by atoms with Crippen molar-refractivity contribution in [1.29, 1.82) is 0 Å². The molecule has 0 aliphatic carbocycles. The molecule has 6 nitrogen and oxygen atoms in total. The van der Waals surface area contributed by atoms with Crippen LogP contribution >= 0.6 is 0 Å². The molecule has 2 heterocycles. The van der Waals surface area contributed by atoms with E-state index in [1.54, 1.807) is 38.3 Å². The number of oxime groups is 1. The molecule has 0 N–H and O–H groups in total. The molecule has 0 saturated heterocycles. The van der Waals surface area contributed by atoms with Crippen LogP contribution in [0.3, 0.4) is 0 Å². The van der Waals surface area contributed by atoms with Gasteiger partial charge in [-0.15, -0.1) is 0 Å². The van der Waals surface area contributed by atoms with Crippen molar-refractivity contribution >= 4 is 11.7 Å². The number of benzene rings is 1. The molecule has 0 bridgehead atoms. The maximum atomic E-state index is 12.4. The highest BCUT2D eigenvalue weighted by Gasteiger charge is 2.44. The summed E-state index contributed by atoms with van der Waals surface area (Å²) in [5.41, 5.74) is 1.30. The van der Waals surface area contributed by atoms with Crippen LogP contribution in [0.15, 0.2) is 52.2 Å². The Bertz CT molecular complexity index is 690. The van der Waals surface area contributed by atoms with Crippen molar-refractivity contribution < 1.29 is 23.5 Å². The lowest BCUT2D eigenvalue weighted by molar-refractivity contribution is -0.149. The SMILES string of the molecule is CCOC(=O)[C@@H]1C(c2ccc(OC)cc2)=NO[C@H]1c1ccco1. The van der Waals surface area contributed by atoms with E-state index in [0.29, 0.717) is 11.5 Å². The number of hydrogen-bond acceptors (Lipinski definition) is 6. The van der Waals surface area contributed by atoms with E-state index < -0.39 is 12.0 Å². The second-order valence-corrected chi connectivity index (χ2v) is 4.98. The quantitative estimate of drug-likeness (QED) is 0.793. The minimum atomic E-state index is -0.672. The number of carbonyl (C=O) groups excluding carboxylic acids is 1. The zero-order chi connectivity index (χ0) is 16.2. The first kappa shape index (κ1) is 15.1. The van der Waals surface area contributed by atoms with Crippen LogP contribution in [0.4, 0.5) is 0 Å². The topological polar surface area (TPSA) is 70.3 Å². The maximum absolute atomic E-state index is 12.4. The molecule has 0 fully saturated rings. The minimum absolute atomic E-state index is 0.288. The lowest BCUT2D eigenvalue weighted by atomic mass is 9.91. The fourth-order valence-electron chi connectivity index (χ4n) is 2.51. The molecule has 6 heteroatoms. The summed E-state index contributed by atoms with van der Waals surface area (Å²) in [5.74, 6) is 0.203.